The lowest BCUT2D eigenvalue weighted by Crippen LogP contribution is -2.54. The number of hydrogen-bond donors (Lipinski definition) is 3. The molecule has 0 aliphatic carbocycles. The molecule has 61 heavy (non-hydrogen) atoms. The number of carbonyl (C=O) groups excluding carboxylic acids is 6. The van der Waals surface area contributed by atoms with Gasteiger partial charge in [0, 0.05) is 19.5 Å². The molecule has 21 nitrogen and oxygen atoms in total. The number of fused-ring (bicyclic) bond motifs is 1. The van der Waals surface area contributed by atoms with Crippen LogP contribution in [0.15, 0.2) is 18.2 Å². The van der Waals surface area contributed by atoms with Crippen molar-refractivity contribution in [3.05, 3.63) is 29.3 Å². The summed E-state index contributed by atoms with van der Waals surface area (Å²) in [4.78, 5) is 75.5. The largest absolute Gasteiger partial charge is 0.491 e. The number of alkyl halides is 3. The maximum Gasteiger partial charge on any atom is 0.491 e. The van der Waals surface area contributed by atoms with Gasteiger partial charge in [0.15, 0.2) is 0 Å². The second kappa shape index (κ2) is 29.0. The Morgan fingerprint density at radius 1 is 0.705 bits per heavy atom. The zero-order chi connectivity index (χ0) is 44.3. The second-order valence-corrected chi connectivity index (χ2v) is 12.6. The molecular weight excluding hydrogens is 829 g/mol. The number of halogens is 3. The molecule has 0 spiro atoms. The van der Waals surface area contributed by atoms with Crippen LogP contribution in [0.5, 0.6) is 5.75 Å². The zero-order valence-corrected chi connectivity index (χ0v) is 33.5. The van der Waals surface area contributed by atoms with E-state index in [1.807, 2.05) is 5.32 Å². The molecule has 344 valence electrons. The number of nitrogens with one attached hydrogen (secondary N) is 2. The van der Waals surface area contributed by atoms with E-state index in [1.165, 1.54) is 12.1 Å². The number of nitrogens with two attached hydrogens (primary N) is 1. The molecule has 1 aromatic rings. The third-order valence-corrected chi connectivity index (χ3v) is 8.11. The predicted octanol–water partition coefficient (Wildman–Crippen LogP) is -0.877. The number of ether oxygens (including phenoxy) is 11. The van der Waals surface area contributed by atoms with E-state index in [4.69, 9.17) is 53.1 Å². The molecule has 0 saturated carbocycles. The SMILES string of the molecule is NCCOCCOCCOCCOCCOCCOCCOCCOCCOCCNC(=O)C(OC(=O)C(F)(F)F)Oc1cccc2c1C(=O)N(C1CCC(=O)NC1=O)C2=O. The number of rotatable bonds is 34. The van der Waals surface area contributed by atoms with Gasteiger partial charge in [-0.25, -0.2) is 4.79 Å². The van der Waals surface area contributed by atoms with E-state index in [0.717, 1.165) is 6.07 Å². The van der Waals surface area contributed by atoms with Gasteiger partial charge in [-0.2, -0.15) is 13.2 Å². The van der Waals surface area contributed by atoms with Crippen LogP contribution < -0.4 is 21.1 Å². The summed E-state index contributed by atoms with van der Waals surface area (Å²) in [5.41, 5.74) is 4.54. The van der Waals surface area contributed by atoms with Gasteiger partial charge in [0.2, 0.25) is 11.8 Å². The van der Waals surface area contributed by atoms with Crippen molar-refractivity contribution in [2.24, 2.45) is 5.73 Å². The normalized spacial score (nSPS) is 15.8. The van der Waals surface area contributed by atoms with Crippen molar-refractivity contribution >= 4 is 35.5 Å². The van der Waals surface area contributed by atoms with Gasteiger partial charge in [0.1, 0.15) is 11.8 Å². The van der Waals surface area contributed by atoms with Gasteiger partial charge < -0.3 is 63.2 Å². The first-order valence-corrected chi connectivity index (χ1v) is 19.4. The molecule has 2 aliphatic rings. The summed E-state index contributed by atoms with van der Waals surface area (Å²) in [6, 6.07) is 2.10. The lowest BCUT2D eigenvalue weighted by Gasteiger charge is -2.27. The molecule has 0 bridgehead atoms. The van der Waals surface area contributed by atoms with Crippen LogP contribution >= 0.6 is 0 Å². The summed E-state index contributed by atoms with van der Waals surface area (Å²) in [7, 11) is 0. The van der Waals surface area contributed by atoms with E-state index in [9.17, 15) is 41.9 Å². The first-order chi connectivity index (χ1) is 29.5. The zero-order valence-electron chi connectivity index (χ0n) is 33.5. The number of hydrogen-bond acceptors (Lipinski definition) is 18. The fourth-order valence-corrected chi connectivity index (χ4v) is 5.27. The molecular formula is C37H53F3N4O17. The van der Waals surface area contributed by atoms with Crippen LogP contribution in [-0.4, -0.2) is 191 Å². The van der Waals surface area contributed by atoms with Crippen molar-refractivity contribution in [1.29, 1.82) is 0 Å². The van der Waals surface area contributed by atoms with E-state index in [-0.39, 0.29) is 58.0 Å². The van der Waals surface area contributed by atoms with Gasteiger partial charge in [0.05, 0.1) is 130 Å². The van der Waals surface area contributed by atoms with Crippen molar-refractivity contribution in [3.63, 3.8) is 0 Å². The van der Waals surface area contributed by atoms with E-state index < -0.39 is 65.3 Å². The topological polar surface area (TPSA) is 257 Å². The van der Waals surface area contributed by atoms with Gasteiger partial charge in [-0.05, 0) is 18.6 Å². The molecule has 3 rings (SSSR count). The molecule has 1 aromatic carbocycles. The predicted molar refractivity (Wildman–Crippen MR) is 199 cm³/mol. The summed E-state index contributed by atoms with van der Waals surface area (Å²) >= 11 is 0. The maximum atomic E-state index is 13.3. The van der Waals surface area contributed by atoms with E-state index >= 15 is 0 Å². The molecule has 1 saturated heterocycles. The molecule has 24 heteroatoms. The highest BCUT2D eigenvalue weighted by atomic mass is 19.4. The van der Waals surface area contributed by atoms with Crippen LogP contribution in [0, 0.1) is 0 Å². The number of nitrogens with zero attached hydrogens (tertiary/aromatic N) is 1. The van der Waals surface area contributed by atoms with Crippen LogP contribution in [-0.2, 0) is 66.5 Å². The quantitative estimate of drug-likeness (QED) is 0.0329. The van der Waals surface area contributed by atoms with Gasteiger partial charge >= 0.3 is 24.3 Å². The Balaban J connectivity index is 1.21. The average Bonchev–Trinajstić information content (AvgIpc) is 3.48. The average molecular weight is 883 g/mol. The summed E-state index contributed by atoms with van der Waals surface area (Å²) < 4.78 is 97.2. The fourth-order valence-electron chi connectivity index (χ4n) is 5.27. The minimum Gasteiger partial charge on any atom is -0.445 e. The molecule has 2 atom stereocenters. The van der Waals surface area contributed by atoms with Gasteiger partial charge in [-0.3, -0.25) is 34.2 Å². The maximum absolute atomic E-state index is 13.3. The third kappa shape index (κ3) is 19.1. The number of imide groups is 2. The van der Waals surface area contributed by atoms with Crippen molar-refractivity contribution in [2.75, 3.05) is 132 Å². The van der Waals surface area contributed by atoms with Crippen molar-refractivity contribution in [3.8, 4) is 5.75 Å². The smallest absolute Gasteiger partial charge is 0.445 e. The monoisotopic (exact) mass is 882 g/mol. The van der Waals surface area contributed by atoms with Crippen LogP contribution in [0.2, 0.25) is 0 Å². The summed E-state index contributed by atoms with van der Waals surface area (Å²) in [5.74, 6) is -8.20. The van der Waals surface area contributed by atoms with E-state index in [0.29, 0.717) is 97.3 Å². The lowest BCUT2D eigenvalue weighted by atomic mass is 10.0. The molecule has 1 fully saturated rings. The highest BCUT2D eigenvalue weighted by Gasteiger charge is 2.47. The minimum atomic E-state index is -5.51. The van der Waals surface area contributed by atoms with Crippen molar-refractivity contribution < 1.29 is 94.0 Å². The molecule has 2 unspecified atom stereocenters. The molecule has 0 radical (unpaired) electrons. The van der Waals surface area contributed by atoms with Gasteiger partial charge in [-0.1, -0.05) is 6.07 Å². The van der Waals surface area contributed by atoms with Crippen LogP contribution in [0.4, 0.5) is 13.2 Å². The molecule has 4 N–H and O–H groups in total. The summed E-state index contributed by atoms with van der Waals surface area (Å²) in [6.07, 6.45) is -8.40. The van der Waals surface area contributed by atoms with E-state index in [2.05, 4.69) is 10.1 Å². The molecule has 0 aromatic heterocycles. The van der Waals surface area contributed by atoms with Crippen LogP contribution in [0.1, 0.15) is 33.6 Å². The Morgan fingerprint density at radius 3 is 1.61 bits per heavy atom. The standard InChI is InChI=1S/C37H53F3N4O17/c38-37(39,40)36(50)61-35(60-28-3-1-2-26-30(28)34(49)44(33(26)48)27-4-5-29(45)43-31(27)46)32(47)42-7-9-52-11-13-54-15-17-56-19-21-58-23-25-59-24-22-57-20-18-55-16-14-53-12-10-51-8-6-41/h1-3,27,35H,4-25,41H2,(H,42,47)(H,43,45,46). The second-order valence-electron chi connectivity index (χ2n) is 12.6. The van der Waals surface area contributed by atoms with Gasteiger partial charge in [0.25, 0.3) is 11.8 Å². The number of carbonyl (C=O) groups is 6. The number of benzene rings is 1. The fraction of sp³-hybridized carbons (Fsp3) is 0.676. The number of piperidine rings is 1. The molecule has 2 aliphatic heterocycles. The Hall–Kier alpha value is -4.37. The van der Waals surface area contributed by atoms with Crippen LogP contribution in [0.3, 0.4) is 0 Å². The Bertz CT molecular complexity index is 1540. The van der Waals surface area contributed by atoms with Crippen molar-refractivity contribution in [1.82, 2.24) is 15.5 Å². The Kier molecular flexibility index (Phi) is 24.3. The van der Waals surface area contributed by atoms with E-state index in [1.54, 1.807) is 0 Å². The highest BCUT2D eigenvalue weighted by Crippen LogP contribution is 2.34. The number of amides is 5. The van der Waals surface area contributed by atoms with Crippen LogP contribution in [0.25, 0.3) is 0 Å². The Morgan fingerprint density at radius 2 is 1.16 bits per heavy atom. The highest BCUT2D eigenvalue weighted by molar-refractivity contribution is 6.24. The lowest BCUT2D eigenvalue weighted by molar-refractivity contribution is -0.216. The summed E-state index contributed by atoms with van der Waals surface area (Å²) in [5, 5.41) is 4.24. The first-order valence-electron chi connectivity index (χ1n) is 19.4. The van der Waals surface area contributed by atoms with Gasteiger partial charge in [-0.15, -0.1) is 0 Å². The Labute approximate surface area is 349 Å². The first kappa shape index (κ1) is 51.0. The minimum absolute atomic E-state index is 0.0826. The molecule has 5 amide bonds. The third-order valence-electron chi connectivity index (χ3n) is 8.11. The number of esters is 1. The molecule has 2 heterocycles. The van der Waals surface area contributed by atoms with Crippen molar-refractivity contribution in [2.45, 2.75) is 31.3 Å². The summed E-state index contributed by atoms with van der Waals surface area (Å²) in [6.45, 7) is 6.53.